The van der Waals surface area contributed by atoms with Crippen molar-refractivity contribution in [1.29, 1.82) is 0 Å². The van der Waals surface area contributed by atoms with E-state index in [9.17, 15) is 4.79 Å². The standard InChI is InChI=1S/C10H14N2O2/c1-12-7-11-9(6-13)10(12)8-2-4-14-5-3-8/h6-8H,2-5H2,1H3. The highest BCUT2D eigenvalue weighted by Crippen LogP contribution is 2.27. The largest absolute Gasteiger partial charge is 0.381 e. The number of rotatable bonds is 2. The zero-order chi connectivity index (χ0) is 9.97. The summed E-state index contributed by atoms with van der Waals surface area (Å²) in [4.78, 5) is 14.8. The molecule has 0 amide bonds. The number of nitrogens with zero attached hydrogens (tertiary/aromatic N) is 2. The molecule has 1 aliphatic rings. The Kier molecular flexibility index (Phi) is 2.63. The molecule has 0 spiro atoms. The van der Waals surface area contributed by atoms with E-state index in [2.05, 4.69) is 4.98 Å². The quantitative estimate of drug-likeness (QED) is 0.663. The SMILES string of the molecule is Cn1cnc(C=O)c1C1CCOCC1. The highest BCUT2D eigenvalue weighted by atomic mass is 16.5. The van der Waals surface area contributed by atoms with Crippen molar-refractivity contribution in [2.24, 2.45) is 7.05 Å². The third kappa shape index (κ3) is 1.57. The van der Waals surface area contributed by atoms with Crippen LogP contribution in [-0.2, 0) is 11.8 Å². The molecule has 0 aromatic carbocycles. The normalized spacial score (nSPS) is 18.4. The van der Waals surface area contributed by atoms with E-state index >= 15 is 0 Å². The zero-order valence-electron chi connectivity index (χ0n) is 8.27. The number of aryl methyl sites for hydroxylation is 1. The molecule has 0 N–H and O–H groups in total. The van der Waals surface area contributed by atoms with E-state index in [0.717, 1.165) is 38.0 Å². The molecule has 1 aliphatic heterocycles. The molecular formula is C10H14N2O2. The van der Waals surface area contributed by atoms with Crippen LogP contribution in [0.3, 0.4) is 0 Å². The van der Waals surface area contributed by atoms with Crippen molar-refractivity contribution in [2.45, 2.75) is 18.8 Å². The molecule has 14 heavy (non-hydrogen) atoms. The van der Waals surface area contributed by atoms with Crippen LogP contribution in [-0.4, -0.2) is 29.1 Å². The van der Waals surface area contributed by atoms with Gasteiger partial charge in [-0.15, -0.1) is 0 Å². The van der Waals surface area contributed by atoms with Crippen molar-refractivity contribution in [3.8, 4) is 0 Å². The summed E-state index contributed by atoms with van der Waals surface area (Å²) in [5, 5.41) is 0. The predicted octanol–water partition coefficient (Wildman–Crippen LogP) is 1.13. The third-order valence-electron chi connectivity index (χ3n) is 2.73. The topological polar surface area (TPSA) is 44.1 Å². The van der Waals surface area contributed by atoms with Crippen molar-refractivity contribution >= 4 is 6.29 Å². The zero-order valence-corrected chi connectivity index (χ0v) is 8.27. The van der Waals surface area contributed by atoms with E-state index in [1.54, 1.807) is 6.33 Å². The molecule has 2 heterocycles. The van der Waals surface area contributed by atoms with Crippen molar-refractivity contribution in [3.63, 3.8) is 0 Å². The highest BCUT2D eigenvalue weighted by Gasteiger charge is 2.22. The van der Waals surface area contributed by atoms with E-state index in [0.29, 0.717) is 11.6 Å². The molecular weight excluding hydrogens is 180 g/mol. The molecule has 0 aliphatic carbocycles. The molecule has 1 aromatic heterocycles. The van der Waals surface area contributed by atoms with Crippen molar-refractivity contribution in [1.82, 2.24) is 9.55 Å². The first kappa shape index (κ1) is 9.40. The smallest absolute Gasteiger partial charge is 0.170 e. The Morgan fingerprint density at radius 2 is 2.29 bits per heavy atom. The first-order valence-corrected chi connectivity index (χ1v) is 4.87. The van der Waals surface area contributed by atoms with Gasteiger partial charge >= 0.3 is 0 Å². The summed E-state index contributed by atoms with van der Waals surface area (Å²) in [6.45, 7) is 1.57. The molecule has 2 rings (SSSR count). The molecule has 0 radical (unpaired) electrons. The number of aldehydes is 1. The number of imidazole rings is 1. The van der Waals surface area contributed by atoms with Crippen LogP contribution in [0.15, 0.2) is 6.33 Å². The van der Waals surface area contributed by atoms with Crippen molar-refractivity contribution in [2.75, 3.05) is 13.2 Å². The number of aromatic nitrogens is 2. The number of hydrogen-bond acceptors (Lipinski definition) is 3. The molecule has 4 nitrogen and oxygen atoms in total. The van der Waals surface area contributed by atoms with E-state index < -0.39 is 0 Å². The van der Waals surface area contributed by atoms with Crippen LogP contribution in [0.2, 0.25) is 0 Å². The third-order valence-corrected chi connectivity index (χ3v) is 2.73. The fraction of sp³-hybridized carbons (Fsp3) is 0.600. The van der Waals surface area contributed by atoms with Gasteiger partial charge in [0.25, 0.3) is 0 Å². The Labute approximate surface area is 82.9 Å². The lowest BCUT2D eigenvalue weighted by Crippen LogP contribution is -2.17. The monoisotopic (exact) mass is 194 g/mol. The molecule has 1 aromatic rings. The van der Waals surface area contributed by atoms with Crippen LogP contribution >= 0.6 is 0 Å². The number of hydrogen-bond donors (Lipinski definition) is 0. The van der Waals surface area contributed by atoms with Crippen molar-refractivity contribution in [3.05, 3.63) is 17.7 Å². The summed E-state index contributed by atoms with van der Waals surface area (Å²) < 4.78 is 7.24. The summed E-state index contributed by atoms with van der Waals surface area (Å²) >= 11 is 0. The summed E-state index contributed by atoms with van der Waals surface area (Å²) in [5.41, 5.74) is 1.64. The summed E-state index contributed by atoms with van der Waals surface area (Å²) in [7, 11) is 1.94. The Bertz CT molecular complexity index is 327. The highest BCUT2D eigenvalue weighted by molar-refractivity contribution is 5.73. The van der Waals surface area contributed by atoms with Gasteiger partial charge in [0.05, 0.1) is 12.0 Å². The Hall–Kier alpha value is -1.16. The summed E-state index contributed by atoms with van der Waals surface area (Å²) in [6, 6.07) is 0. The van der Waals surface area contributed by atoms with Gasteiger partial charge in [-0.25, -0.2) is 4.98 Å². The van der Waals surface area contributed by atoms with Gasteiger partial charge < -0.3 is 9.30 Å². The molecule has 76 valence electrons. The van der Waals surface area contributed by atoms with Crippen LogP contribution in [0.1, 0.15) is 34.9 Å². The first-order valence-electron chi connectivity index (χ1n) is 4.87. The number of carbonyl (C=O) groups excluding carboxylic acids is 1. The van der Waals surface area contributed by atoms with Gasteiger partial charge in [0, 0.05) is 26.2 Å². The van der Waals surface area contributed by atoms with E-state index in [1.807, 2.05) is 11.6 Å². The van der Waals surface area contributed by atoms with E-state index in [1.165, 1.54) is 0 Å². The van der Waals surface area contributed by atoms with Gasteiger partial charge in [0.1, 0.15) is 5.69 Å². The fourth-order valence-corrected chi connectivity index (χ4v) is 2.02. The maximum Gasteiger partial charge on any atom is 0.170 e. The second kappa shape index (κ2) is 3.92. The second-order valence-electron chi connectivity index (χ2n) is 3.63. The predicted molar refractivity (Wildman–Crippen MR) is 51.4 cm³/mol. The maximum atomic E-state index is 10.8. The Morgan fingerprint density at radius 1 is 1.57 bits per heavy atom. The molecule has 4 heteroatoms. The minimum absolute atomic E-state index is 0.427. The number of carbonyl (C=O) groups is 1. The van der Waals surface area contributed by atoms with Crippen LogP contribution in [0.5, 0.6) is 0 Å². The minimum atomic E-state index is 0.427. The molecule has 1 fully saturated rings. The van der Waals surface area contributed by atoms with Crippen LogP contribution in [0, 0.1) is 0 Å². The summed E-state index contributed by atoms with van der Waals surface area (Å²) in [5.74, 6) is 0.427. The van der Waals surface area contributed by atoms with Crippen LogP contribution in [0.4, 0.5) is 0 Å². The average Bonchev–Trinajstić information content (AvgIpc) is 2.61. The Morgan fingerprint density at radius 3 is 2.93 bits per heavy atom. The fourth-order valence-electron chi connectivity index (χ4n) is 2.02. The maximum absolute atomic E-state index is 10.8. The van der Waals surface area contributed by atoms with E-state index in [-0.39, 0.29) is 0 Å². The summed E-state index contributed by atoms with van der Waals surface area (Å²) in [6.07, 6.45) is 4.51. The molecule has 0 atom stereocenters. The lowest BCUT2D eigenvalue weighted by atomic mass is 9.95. The van der Waals surface area contributed by atoms with Crippen molar-refractivity contribution < 1.29 is 9.53 Å². The molecule has 1 saturated heterocycles. The average molecular weight is 194 g/mol. The van der Waals surface area contributed by atoms with Gasteiger partial charge in [-0.2, -0.15) is 0 Å². The van der Waals surface area contributed by atoms with Crippen LogP contribution < -0.4 is 0 Å². The minimum Gasteiger partial charge on any atom is -0.381 e. The van der Waals surface area contributed by atoms with Gasteiger partial charge in [0.15, 0.2) is 6.29 Å². The second-order valence-corrected chi connectivity index (χ2v) is 3.63. The molecule has 0 saturated carbocycles. The Balaban J connectivity index is 2.28. The molecule has 0 bridgehead atoms. The van der Waals surface area contributed by atoms with Gasteiger partial charge in [0.2, 0.25) is 0 Å². The van der Waals surface area contributed by atoms with Crippen LogP contribution in [0.25, 0.3) is 0 Å². The number of ether oxygens (including phenoxy) is 1. The van der Waals surface area contributed by atoms with Gasteiger partial charge in [-0.05, 0) is 12.8 Å². The van der Waals surface area contributed by atoms with Gasteiger partial charge in [-0.1, -0.05) is 0 Å². The van der Waals surface area contributed by atoms with E-state index in [4.69, 9.17) is 4.74 Å². The first-order chi connectivity index (χ1) is 6.83. The molecule has 0 unspecified atom stereocenters. The lowest BCUT2D eigenvalue weighted by Gasteiger charge is -2.22. The lowest BCUT2D eigenvalue weighted by molar-refractivity contribution is 0.0835. The van der Waals surface area contributed by atoms with Gasteiger partial charge in [-0.3, -0.25) is 4.79 Å².